The number of hydrogen-bond donors (Lipinski definition) is 1. The van der Waals surface area contributed by atoms with Gasteiger partial charge in [-0.05, 0) is 0 Å². The lowest BCUT2D eigenvalue weighted by molar-refractivity contribution is 0.873. The maximum Gasteiger partial charge on any atom is 0.214 e. The fraction of sp³-hybridized carbons (Fsp3) is 1.00. The van der Waals surface area contributed by atoms with Crippen LogP contribution in [0.4, 0.5) is 0 Å². The van der Waals surface area contributed by atoms with E-state index in [4.69, 9.17) is 5.64 Å². The Kier molecular flexibility index (Phi) is 4.21. The molecule has 0 amide bonds. The van der Waals surface area contributed by atoms with Crippen molar-refractivity contribution in [3.8, 4) is 0 Å². The molecule has 0 aliphatic heterocycles. The summed E-state index contributed by atoms with van der Waals surface area (Å²) in [4.78, 5) is 0. The topological polar surface area (TPSA) is 26.0 Å². The highest BCUT2D eigenvalue weighted by molar-refractivity contribution is 6.53. The molecule has 0 spiro atoms. The summed E-state index contributed by atoms with van der Waals surface area (Å²) in [5.74, 6) is 0. The molecular formula is C5H14BN. The summed E-state index contributed by atoms with van der Waals surface area (Å²) in [6.07, 6.45) is 3.72. The minimum Gasteiger partial charge on any atom is -0.370 e. The molecule has 1 nitrogen and oxygen atoms in total. The Hall–Kier alpha value is 0.0249. The second kappa shape index (κ2) is 4.19. The van der Waals surface area contributed by atoms with Crippen molar-refractivity contribution in [2.75, 3.05) is 0 Å². The Balaban J connectivity index is 2.68. The predicted octanol–water partition coefficient (Wildman–Crippen LogP) is 1.37. The highest BCUT2D eigenvalue weighted by Crippen LogP contribution is 1.94. The highest BCUT2D eigenvalue weighted by Gasteiger charge is 1.94. The zero-order valence-corrected chi connectivity index (χ0v) is 5.28. The summed E-state index contributed by atoms with van der Waals surface area (Å²) < 4.78 is 0. The largest absolute Gasteiger partial charge is 0.370 e. The van der Waals surface area contributed by atoms with E-state index in [0.29, 0.717) is 6.85 Å². The Bertz CT molecular complexity index is 37.1. The number of unbranched alkanes of at least 4 members (excludes halogenated alkanes) is 1. The van der Waals surface area contributed by atoms with Crippen LogP contribution >= 0.6 is 0 Å². The first-order valence-electron chi connectivity index (χ1n) is 3.03. The number of rotatable bonds is 3. The molecule has 0 aromatic rings. The molecule has 0 fully saturated rings. The standard InChI is InChI=1S/C5H14BN/c1-3-4-5-6(2)7/h3-5,7H2,1-2H3. The van der Waals surface area contributed by atoms with E-state index >= 15 is 0 Å². The lowest BCUT2D eigenvalue weighted by Gasteiger charge is -1.94. The maximum atomic E-state index is 5.48. The molecule has 0 heterocycles. The van der Waals surface area contributed by atoms with Crippen molar-refractivity contribution in [1.29, 1.82) is 0 Å². The van der Waals surface area contributed by atoms with Crippen molar-refractivity contribution >= 4 is 6.85 Å². The van der Waals surface area contributed by atoms with E-state index < -0.39 is 0 Å². The molecule has 0 unspecified atom stereocenters. The maximum absolute atomic E-state index is 5.48. The van der Waals surface area contributed by atoms with Crippen LogP contribution < -0.4 is 5.64 Å². The van der Waals surface area contributed by atoms with Crippen LogP contribution in [0.25, 0.3) is 0 Å². The van der Waals surface area contributed by atoms with E-state index in [1.165, 1.54) is 19.2 Å². The molecule has 0 aliphatic carbocycles. The van der Waals surface area contributed by atoms with Crippen molar-refractivity contribution in [2.45, 2.75) is 32.9 Å². The SMILES string of the molecule is CCCCB(C)N. The molecule has 0 radical (unpaired) electrons. The third-order valence-electron chi connectivity index (χ3n) is 1.01. The summed E-state index contributed by atoms with van der Waals surface area (Å²) in [5, 5.41) is 0. The summed E-state index contributed by atoms with van der Waals surface area (Å²) >= 11 is 0. The molecule has 0 atom stereocenters. The van der Waals surface area contributed by atoms with E-state index in [2.05, 4.69) is 13.7 Å². The highest BCUT2D eigenvalue weighted by atomic mass is 14.4. The smallest absolute Gasteiger partial charge is 0.214 e. The normalized spacial score (nSPS) is 9.00. The summed E-state index contributed by atoms with van der Waals surface area (Å²) in [5.41, 5.74) is 5.48. The van der Waals surface area contributed by atoms with Crippen LogP contribution in [-0.2, 0) is 0 Å². The van der Waals surface area contributed by atoms with Crippen LogP contribution in [0.15, 0.2) is 0 Å². The molecule has 42 valence electrons. The van der Waals surface area contributed by atoms with Gasteiger partial charge in [-0.2, -0.15) is 0 Å². The molecular weight excluding hydrogens is 84.9 g/mol. The minimum atomic E-state index is 0.403. The first-order valence-corrected chi connectivity index (χ1v) is 3.03. The molecule has 7 heavy (non-hydrogen) atoms. The van der Waals surface area contributed by atoms with Crippen molar-refractivity contribution in [2.24, 2.45) is 5.64 Å². The fourth-order valence-electron chi connectivity index (χ4n) is 0.526. The molecule has 2 heteroatoms. The first-order chi connectivity index (χ1) is 3.27. The van der Waals surface area contributed by atoms with E-state index in [1.54, 1.807) is 0 Å². The minimum absolute atomic E-state index is 0.403. The van der Waals surface area contributed by atoms with Crippen LogP contribution in [0.2, 0.25) is 13.1 Å². The van der Waals surface area contributed by atoms with Gasteiger partial charge in [-0.15, -0.1) is 0 Å². The van der Waals surface area contributed by atoms with Crippen LogP contribution in [-0.4, -0.2) is 6.85 Å². The van der Waals surface area contributed by atoms with Crippen molar-refractivity contribution in [1.82, 2.24) is 0 Å². The van der Waals surface area contributed by atoms with Gasteiger partial charge >= 0.3 is 0 Å². The average Bonchev–Trinajstić information content (AvgIpc) is 1.61. The first kappa shape index (κ1) is 7.02. The van der Waals surface area contributed by atoms with Crippen LogP contribution in [0.1, 0.15) is 19.8 Å². The predicted molar refractivity (Wildman–Crippen MR) is 35.5 cm³/mol. The third-order valence-corrected chi connectivity index (χ3v) is 1.01. The summed E-state index contributed by atoms with van der Waals surface area (Å²) in [6.45, 7) is 4.64. The molecule has 0 saturated heterocycles. The quantitative estimate of drug-likeness (QED) is 0.531. The monoisotopic (exact) mass is 99.1 g/mol. The Labute approximate surface area is 46.4 Å². The molecule has 0 aliphatic rings. The Morgan fingerprint density at radius 3 is 2.29 bits per heavy atom. The van der Waals surface area contributed by atoms with Crippen LogP contribution in [0.5, 0.6) is 0 Å². The molecule has 0 rings (SSSR count). The second-order valence-electron chi connectivity index (χ2n) is 2.12. The second-order valence-corrected chi connectivity index (χ2v) is 2.12. The van der Waals surface area contributed by atoms with Crippen LogP contribution in [0.3, 0.4) is 0 Å². The van der Waals surface area contributed by atoms with Gasteiger partial charge in [0.15, 0.2) is 0 Å². The van der Waals surface area contributed by atoms with Gasteiger partial charge in [0.2, 0.25) is 6.85 Å². The van der Waals surface area contributed by atoms with Gasteiger partial charge in [-0.3, -0.25) is 0 Å². The lowest BCUT2D eigenvalue weighted by Crippen LogP contribution is -2.19. The molecule has 0 saturated carbocycles. The number of nitrogens with two attached hydrogens (primary N) is 1. The molecule has 2 N–H and O–H groups in total. The van der Waals surface area contributed by atoms with Gasteiger partial charge in [0, 0.05) is 0 Å². The zero-order valence-electron chi connectivity index (χ0n) is 5.28. The van der Waals surface area contributed by atoms with E-state index in [-0.39, 0.29) is 0 Å². The van der Waals surface area contributed by atoms with Gasteiger partial charge in [-0.25, -0.2) is 0 Å². The molecule has 0 aromatic carbocycles. The Morgan fingerprint density at radius 2 is 2.14 bits per heavy atom. The van der Waals surface area contributed by atoms with Gasteiger partial charge < -0.3 is 5.64 Å². The van der Waals surface area contributed by atoms with E-state index in [9.17, 15) is 0 Å². The molecule has 0 bridgehead atoms. The van der Waals surface area contributed by atoms with E-state index in [1.807, 2.05) is 0 Å². The fourth-order valence-corrected chi connectivity index (χ4v) is 0.526. The summed E-state index contributed by atoms with van der Waals surface area (Å²) in [7, 11) is 0. The zero-order chi connectivity index (χ0) is 5.70. The van der Waals surface area contributed by atoms with Crippen LogP contribution in [0, 0.1) is 0 Å². The lowest BCUT2D eigenvalue weighted by atomic mass is 9.63. The summed E-state index contributed by atoms with van der Waals surface area (Å²) in [6, 6.07) is 0. The molecule has 0 aromatic heterocycles. The van der Waals surface area contributed by atoms with Gasteiger partial charge in [0.05, 0.1) is 0 Å². The van der Waals surface area contributed by atoms with Crippen molar-refractivity contribution in [3.63, 3.8) is 0 Å². The average molecular weight is 99.0 g/mol. The Morgan fingerprint density at radius 1 is 1.57 bits per heavy atom. The van der Waals surface area contributed by atoms with Crippen molar-refractivity contribution < 1.29 is 0 Å². The van der Waals surface area contributed by atoms with Crippen molar-refractivity contribution in [3.05, 3.63) is 0 Å². The van der Waals surface area contributed by atoms with Gasteiger partial charge in [-0.1, -0.05) is 32.9 Å². The third kappa shape index (κ3) is 6.02. The van der Waals surface area contributed by atoms with Gasteiger partial charge in [0.25, 0.3) is 0 Å². The van der Waals surface area contributed by atoms with Gasteiger partial charge in [0.1, 0.15) is 0 Å². The van der Waals surface area contributed by atoms with E-state index in [0.717, 1.165) is 0 Å². The number of hydrogen-bond acceptors (Lipinski definition) is 1.